The molecule has 2 fully saturated rings. The molecule has 0 radical (unpaired) electrons. The molecule has 1 spiro atoms. The molecule has 0 aliphatic carbocycles. The molecule has 1 atom stereocenters. The van der Waals surface area contributed by atoms with E-state index in [2.05, 4.69) is 4.40 Å². The van der Waals surface area contributed by atoms with Crippen molar-refractivity contribution in [3.63, 3.8) is 0 Å². The fourth-order valence-corrected chi connectivity index (χ4v) is 3.99. The van der Waals surface area contributed by atoms with E-state index in [1.165, 1.54) is 0 Å². The van der Waals surface area contributed by atoms with Crippen LogP contribution in [0.5, 0.6) is 0 Å². The molecule has 1 aromatic carbocycles. The maximum atomic E-state index is 12.6. The predicted octanol–water partition coefficient (Wildman–Crippen LogP) is 2.84. The fraction of sp³-hybridized carbons (Fsp3) is 0.579. The third-order valence-corrected chi connectivity index (χ3v) is 6.41. The van der Waals surface area contributed by atoms with Crippen LogP contribution in [0.4, 0.5) is 0 Å². The van der Waals surface area contributed by atoms with Crippen molar-refractivity contribution < 1.29 is 13.7 Å². The van der Waals surface area contributed by atoms with Crippen molar-refractivity contribution >= 4 is 22.6 Å². The minimum atomic E-state index is -1.27. The van der Waals surface area contributed by atoms with Crippen molar-refractivity contribution in [2.45, 2.75) is 38.4 Å². The molecule has 1 amide bonds. The van der Waals surface area contributed by atoms with Gasteiger partial charge in [0.05, 0.1) is 23.7 Å². The van der Waals surface area contributed by atoms with Gasteiger partial charge in [0.25, 0.3) is 5.91 Å². The Hall–Kier alpha value is -1.53. The molecule has 0 aromatic heterocycles. The molecule has 3 rings (SSSR count). The van der Waals surface area contributed by atoms with Gasteiger partial charge in [-0.15, -0.1) is 0 Å². The molecule has 1 unspecified atom stereocenters. The zero-order valence-electron chi connectivity index (χ0n) is 15.2. The van der Waals surface area contributed by atoms with Gasteiger partial charge in [-0.1, -0.05) is 18.2 Å². The fourth-order valence-electron chi connectivity index (χ4n) is 3.27. The molecule has 2 heterocycles. The van der Waals surface area contributed by atoms with Crippen LogP contribution in [0.2, 0.25) is 0 Å². The molecule has 25 heavy (non-hydrogen) atoms. The van der Waals surface area contributed by atoms with Gasteiger partial charge in [-0.05, 0) is 45.7 Å². The van der Waals surface area contributed by atoms with Gasteiger partial charge < -0.3 is 9.64 Å². The third kappa shape index (κ3) is 3.85. The van der Waals surface area contributed by atoms with Crippen molar-refractivity contribution in [3.05, 3.63) is 35.9 Å². The summed E-state index contributed by atoms with van der Waals surface area (Å²) in [5.74, 6) is 0.0751. The van der Waals surface area contributed by atoms with Crippen molar-refractivity contribution in [3.8, 4) is 0 Å². The first-order valence-electron chi connectivity index (χ1n) is 8.74. The Balaban J connectivity index is 1.71. The maximum absolute atomic E-state index is 12.6. The molecule has 1 aromatic rings. The quantitative estimate of drug-likeness (QED) is 0.813. The van der Waals surface area contributed by atoms with Gasteiger partial charge in [-0.3, -0.25) is 4.79 Å². The standard InChI is InChI=1S/C19H26N2O3S/c1-18(2,3)25(23)20-16-13-24-14-19(16)9-11-21(12-10-19)17(22)15-7-5-4-6-8-15/h4-8H,9-14H2,1-3H3. The highest BCUT2D eigenvalue weighted by atomic mass is 32.2. The topological polar surface area (TPSA) is 59.0 Å². The minimum absolute atomic E-state index is 0.0751. The number of amides is 1. The number of piperidine rings is 1. The monoisotopic (exact) mass is 362 g/mol. The number of hydrogen-bond acceptors (Lipinski definition) is 3. The van der Waals surface area contributed by atoms with Crippen LogP contribution in [0.3, 0.4) is 0 Å². The number of hydrogen-bond donors (Lipinski definition) is 0. The van der Waals surface area contributed by atoms with E-state index < -0.39 is 11.0 Å². The summed E-state index contributed by atoms with van der Waals surface area (Å²) in [7, 11) is -1.27. The van der Waals surface area contributed by atoms with Gasteiger partial charge in [-0.2, -0.15) is 4.40 Å². The van der Waals surface area contributed by atoms with E-state index in [1.807, 2.05) is 56.0 Å². The average molecular weight is 362 g/mol. The van der Waals surface area contributed by atoms with Crippen molar-refractivity contribution in [2.75, 3.05) is 26.3 Å². The highest BCUT2D eigenvalue weighted by molar-refractivity contribution is 7.85. The summed E-state index contributed by atoms with van der Waals surface area (Å²) in [5.41, 5.74) is 1.48. The second-order valence-corrected chi connectivity index (χ2v) is 9.74. The van der Waals surface area contributed by atoms with Crippen LogP contribution in [0, 0.1) is 5.41 Å². The van der Waals surface area contributed by atoms with Crippen molar-refractivity contribution in [2.24, 2.45) is 9.81 Å². The van der Waals surface area contributed by atoms with Crippen LogP contribution in [0.1, 0.15) is 44.0 Å². The number of ether oxygens (including phenoxy) is 1. The number of benzene rings is 1. The Morgan fingerprint density at radius 1 is 1.20 bits per heavy atom. The molecule has 2 saturated heterocycles. The first kappa shape index (κ1) is 18.3. The summed E-state index contributed by atoms with van der Waals surface area (Å²) >= 11 is 0. The summed E-state index contributed by atoms with van der Waals surface area (Å²) in [6.07, 6.45) is 1.62. The van der Waals surface area contributed by atoms with Gasteiger partial charge in [-0.25, -0.2) is 4.21 Å². The summed E-state index contributed by atoms with van der Waals surface area (Å²) < 4.78 is 22.2. The van der Waals surface area contributed by atoms with E-state index in [4.69, 9.17) is 4.74 Å². The molecule has 0 saturated carbocycles. The predicted molar refractivity (Wildman–Crippen MR) is 100 cm³/mol. The van der Waals surface area contributed by atoms with Crippen molar-refractivity contribution in [1.82, 2.24) is 4.90 Å². The zero-order valence-corrected chi connectivity index (χ0v) is 16.0. The SMILES string of the molecule is CC(C)(C)S(=O)N=C1COCC12CCN(C(=O)c1ccccc1)CC2. The van der Waals surface area contributed by atoms with Crippen LogP contribution < -0.4 is 0 Å². The molecular formula is C19H26N2O3S. The zero-order chi connectivity index (χ0) is 18.1. The lowest BCUT2D eigenvalue weighted by molar-refractivity contribution is 0.0587. The number of rotatable bonds is 2. The van der Waals surface area contributed by atoms with Crippen LogP contribution in [0.25, 0.3) is 0 Å². The first-order chi connectivity index (χ1) is 11.8. The van der Waals surface area contributed by atoms with E-state index in [-0.39, 0.29) is 16.1 Å². The number of nitrogens with zero attached hydrogens (tertiary/aromatic N) is 2. The van der Waals surface area contributed by atoms with Gasteiger partial charge in [0, 0.05) is 24.1 Å². The minimum Gasteiger partial charge on any atom is -0.374 e. The van der Waals surface area contributed by atoms with Gasteiger partial charge >= 0.3 is 0 Å². The van der Waals surface area contributed by atoms with E-state index in [1.54, 1.807) is 0 Å². The van der Waals surface area contributed by atoms with Crippen LogP contribution in [-0.2, 0) is 15.7 Å². The summed E-state index contributed by atoms with van der Waals surface area (Å²) in [6, 6.07) is 9.39. The maximum Gasteiger partial charge on any atom is 0.253 e. The van der Waals surface area contributed by atoms with E-state index in [0.717, 1.165) is 24.1 Å². The second kappa shape index (κ2) is 7.00. The Kier molecular flexibility index (Phi) is 5.11. The molecule has 2 aliphatic heterocycles. The molecule has 5 nitrogen and oxygen atoms in total. The molecule has 2 aliphatic rings. The molecule has 136 valence electrons. The van der Waals surface area contributed by atoms with Gasteiger partial charge in [0.15, 0.2) is 0 Å². The Morgan fingerprint density at radius 2 is 1.84 bits per heavy atom. The van der Waals surface area contributed by atoms with Crippen LogP contribution in [-0.4, -0.2) is 51.8 Å². The highest BCUT2D eigenvalue weighted by Crippen LogP contribution is 2.38. The molecule has 0 N–H and O–H groups in total. The number of likely N-dealkylation sites (tertiary alicyclic amines) is 1. The van der Waals surface area contributed by atoms with Gasteiger partial charge in [0.2, 0.25) is 0 Å². The normalized spacial score (nSPS) is 23.2. The second-order valence-electron chi connectivity index (χ2n) is 7.83. The highest BCUT2D eigenvalue weighted by Gasteiger charge is 2.45. The summed E-state index contributed by atoms with van der Waals surface area (Å²) in [4.78, 5) is 14.5. The third-order valence-electron chi connectivity index (χ3n) is 4.97. The van der Waals surface area contributed by atoms with Gasteiger partial charge in [0.1, 0.15) is 11.0 Å². The van der Waals surface area contributed by atoms with Crippen LogP contribution in [0.15, 0.2) is 34.7 Å². The lowest BCUT2D eigenvalue weighted by atomic mass is 9.76. The first-order valence-corrected chi connectivity index (χ1v) is 9.85. The molecular weight excluding hydrogens is 336 g/mol. The lowest BCUT2D eigenvalue weighted by Crippen LogP contribution is -2.46. The Bertz CT molecular complexity index is 686. The molecule has 6 heteroatoms. The summed E-state index contributed by atoms with van der Waals surface area (Å²) in [5, 5.41) is 0. The molecule has 0 bridgehead atoms. The number of carbonyl (C=O) groups excluding carboxylic acids is 1. The largest absolute Gasteiger partial charge is 0.374 e. The smallest absolute Gasteiger partial charge is 0.253 e. The lowest BCUT2D eigenvalue weighted by Gasteiger charge is -2.38. The van der Waals surface area contributed by atoms with Crippen molar-refractivity contribution in [1.29, 1.82) is 0 Å². The Morgan fingerprint density at radius 3 is 2.44 bits per heavy atom. The van der Waals surface area contributed by atoms with E-state index in [0.29, 0.717) is 26.3 Å². The Labute approximate surface area is 152 Å². The number of carbonyl (C=O) groups is 1. The van der Waals surface area contributed by atoms with Crippen LogP contribution >= 0.6 is 0 Å². The average Bonchev–Trinajstić information content (AvgIpc) is 2.97. The van der Waals surface area contributed by atoms with E-state index >= 15 is 0 Å². The van der Waals surface area contributed by atoms with E-state index in [9.17, 15) is 9.00 Å². The summed E-state index contributed by atoms with van der Waals surface area (Å²) in [6.45, 7) is 8.20.